The maximum Gasteiger partial charge on any atom is 0.268 e. The zero-order valence-corrected chi connectivity index (χ0v) is 20.0. The second-order valence-electron chi connectivity index (χ2n) is 8.60. The number of carbonyl (C=O) groups is 3. The zero-order chi connectivity index (χ0) is 25.0. The maximum absolute atomic E-state index is 14.4. The second kappa shape index (κ2) is 10.5. The Kier molecular flexibility index (Phi) is 7.71. The molecule has 0 spiro atoms. The van der Waals surface area contributed by atoms with Crippen molar-refractivity contribution in [2.45, 2.75) is 26.0 Å². The molecule has 2 atom stereocenters. The van der Waals surface area contributed by atoms with Gasteiger partial charge < -0.3 is 19.4 Å². The lowest BCUT2D eigenvalue weighted by Crippen LogP contribution is -2.56. The van der Waals surface area contributed by atoms with E-state index in [0.717, 1.165) is 0 Å². The Morgan fingerprint density at radius 3 is 2.38 bits per heavy atom. The Labute approximate surface area is 199 Å². The molecule has 180 valence electrons. The van der Waals surface area contributed by atoms with E-state index in [0.29, 0.717) is 42.1 Å². The SMILES string of the molecule is C=CC(=O)N1CCN(C(=O)[C@@H](Oc2ccc(C(=O)N(C)C)cc2)c2ccc(C)c(F)c2)C[C@H]1C. The third-order valence-electron chi connectivity index (χ3n) is 5.88. The summed E-state index contributed by atoms with van der Waals surface area (Å²) in [4.78, 5) is 42.5. The summed E-state index contributed by atoms with van der Waals surface area (Å²) in [5.41, 5.74) is 1.34. The molecule has 1 fully saturated rings. The number of hydrogen-bond donors (Lipinski definition) is 0. The molecule has 1 aliphatic rings. The molecule has 1 aliphatic heterocycles. The van der Waals surface area contributed by atoms with E-state index >= 15 is 0 Å². The molecule has 0 saturated carbocycles. The molecular weight excluding hydrogens is 437 g/mol. The van der Waals surface area contributed by atoms with E-state index in [2.05, 4.69) is 6.58 Å². The number of amides is 3. The van der Waals surface area contributed by atoms with Crippen LogP contribution in [0.2, 0.25) is 0 Å². The number of hydrogen-bond acceptors (Lipinski definition) is 4. The molecule has 8 heteroatoms. The van der Waals surface area contributed by atoms with Crippen molar-refractivity contribution >= 4 is 17.7 Å². The van der Waals surface area contributed by atoms with Crippen LogP contribution in [0.25, 0.3) is 0 Å². The largest absolute Gasteiger partial charge is 0.476 e. The molecule has 2 aromatic carbocycles. The number of nitrogens with zero attached hydrogens (tertiary/aromatic N) is 3. The average Bonchev–Trinajstić information content (AvgIpc) is 2.83. The summed E-state index contributed by atoms with van der Waals surface area (Å²) in [6, 6.07) is 10.9. The molecule has 2 aromatic rings. The molecule has 0 N–H and O–H groups in total. The summed E-state index contributed by atoms with van der Waals surface area (Å²) in [6.45, 7) is 8.06. The Morgan fingerprint density at radius 1 is 1.15 bits per heavy atom. The molecule has 3 amide bonds. The van der Waals surface area contributed by atoms with Crippen LogP contribution in [0.1, 0.15) is 34.5 Å². The number of ether oxygens (including phenoxy) is 1. The summed E-state index contributed by atoms with van der Waals surface area (Å²) in [5.74, 6) is -0.709. The first-order valence-electron chi connectivity index (χ1n) is 11.1. The van der Waals surface area contributed by atoms with E-state index < -0.39 is 11.9 Å². The predicted octanol–water partition coefficient (Wildman–Crippen LogP) is 3.20. The van der Waals surface area contributed by atoms with Crippen molar-refractivity contribution in [2.75, 3.05) is 33.7 Å². The van der Waals surface area contributed by atoms with Crippen molar-refractivity contribution < 1.29 is 23.5 Å². The number of halogens is 1. The molecule has 0 aromatic heterocycles. The molecule has 0 radical (unpaired) electrons. The normalized spacial score (nSPS) is 16.6. The van der Waals surface area contributed by atoms with E-state index in [4.69, 9.17) is 4.74 Å². The fourth-order valence-corrected chi connectivity index (χ4v) is 3.87. The molecule has 1 heterocycles. The minimum Gasteiger partial charge on any atom is -0.476 e. The van der Waals surface area contributed by atoms with Crippen molar-refractivity contribution in [2.24, 2.45) is 0 Å². The van der Waals surface area contributed by atoms with Crippen LogP contribution in [-0.4, -0.2) is 72.2 Å². The molecule has 0 unspecified atom stereocenters. The summed E-state index contributed by atoms with van der Waals surface area (Å²) in [7, 11) is 3.33. The number of aryl methyl sites for hydroxylation is 1. The summed E-state index contributed by atoms with van der Waals surface area (Å²) >= 11 is 0. The topological polar surface area (TPSA) is 70.2 Å². The van der Waals surface area contributed by atoms with E-state index in [1.807, 2.05) is 6.92 Å². The molecular formula is C26H30FN3O4. The van der Waals surface area contributed by atoms with Gasteiger partial charge in [-0.15, -0.1) is 0 Å². The lowest BCUT2D eigenvalue weighted by molar-refractivity contribution is -0.145. The number of rotatable bonds is 6. The van der Waals surface area contributed by atoms with Crippen molar-refractivity contribution in [3.05, 3.63) is 77.6 Å². The highest BCUT2D eigenvalue weighted by atomic mass is 19.1. The van der Waals surface area contributed by atoms with Gasteiger partial charge in [-0.2, -0.15) is 0 Å². The fourth-order valence-electron chi connectivity index (χ4n) is 3.87. The van der Waals surface area contributed by atoms with Crippen LogP contribution in [0, 0.1) is 12.7 Å². The van der Waals surface area contributed by atoms with Crippen LogP contribution in [0.3, 0.4) is 0 Å². The van der Waals surface area contributed by atoms with Gasteiger partial charge >= 0.3 is 0 Å². The zero-order valence-electron chi connectivity index (χ0n) is 20.0. The molecule has 3 rings (SSSR count). The van der Waals surface area contributed by atoms with Gasteiger partial charge in [0.25, 0.3) is 11.8 Å². The third-order valence-corrected chi connectivity index (χ3v) is 5.88. The highest BCUT2D eigenvalue weighted by molar-refractivity contribution is 5.94. The fraction of sp³-hybridized carbons (Fsp3) is 0.346. The first kappa shape index (κ1) is 25.0. The molecule has 7 nitrogen and oxygen atoms in total. The van der Waals surface area contributed by atoms with Crippen LogP contribution in [0.4, 0.5) is 4.39 Å². The van der Waals surface area contributed by atoms with Crippen LogP contribution in [-0.2, 0) is 9.59 Å². The first-order valence-corrected chi connectivity index (χ1v) is 11.1. The number of carbonyl (C=O) groups excluding carboxylic acids is 3. The smallest absolute Gasteiger partial charge is 0.268 e. The van der Waals surface area contributed by atoms with Crippen LogP contribution >= 0.6 is 0 Å². The minimum atomic E-state index is -1.08. The highest BCUT2D eigenvalue weighted by Gasteiger charge is 2.34. The van der Waals surface area contributed by atoms with Crippen LogP contribution in [0.15, 0.2) is 55.1 Å². The monoisotopic (exact) mass is 467 g/mol. The van der Waals surface area contributed by atoms with Gasteiger partial charge in [-0.05, 0) is 55.8 Å². The van der Waals surface area contributed by atoms with Crippen LogP contribution < -0.4 is 4.74 Å². The highest BCUT2D eigenvalue weighted by Crippen LogP contribution is 2.27. The molecule has 1 saturated heterocycles. The predicted molar refractivity (Wildman–Crippen MR) is 127 cm³/mol. The summed E-state index contributed by atoms with van der Waals surface area (Å²) in [5, 5.41) is 0. The minimum absolute atomic E-state index is 0.152. The van der Waals surface area contributed by atoms with Gasteiger partial charge in [0.05, 0.1) is 0 Å². The van der Waals surface area contributed by atoms with E-state index in [1.165, 1.54) is 17.0 Å². The number of piperazine rings is 1. The second-order valence-corrected chi connectivity index (χ2v) is 8.60. The Bertz CT molecular complexity index is 1080. The van der Waals surface area contributed by atoms with Gasteiger partial charge in [-0.25, -0.2) is 4.39 Å². The third kappa shape index (κ3) is 5.44. The molecule has 0 bridgehead atoms. The van der Waals surface area contributed by atoms with Crippen molar-refractivity contribution in [1.29, 1.82) is 0 Å². The van der Waals surface area contributed by atoms with E-state index in [1.54, 1.807) is 67.2 Å². The van der Waals surface area contributed by atoms with Gasteiger partial charge in [-0.1, -0.05) is 18.7 Å². The van der Waals surface area contributed by atoms with Gasteiger partial charge in [0.15, 0.2) is 0 Å². The maximum atomic E-state index is 14.4. The summed E-state index contributed by atoms with van der Waals surface area (Å²) in [6.07, 6.45) is 0.180. The standard InChI is InChI=1S/C26H30FN3O4/c1-6-23(31)30-14-13-29(16-18(30)3)26(33)24(20-8-7-17(2)22(27)15-20)34-21-11-9-19(10-12-21)25(32)28(4)5/h6-12,15,18,24H,1,13-14,16H2,2-5H3/t18-,24+/m1/s1. The lowest BCUT2D eigenvalue weighted by atomic mass is 10.0. The molecule has 0 aliphatic carbocycles. The molecule has 34 heavy (non-hydrogen) atoms. The van der Waals surface area contributed by atoms with E-state index in [9.17, 15) is 18.8 Å². The van der Waals surface area contributed by atoms with Gasteiger partial charge in [0.2, 0.25) is 12.0 Å². The quantitative estimate of drug-likeness (QED) is 0.612. The first-order chi connectivity index (χ1) is 16.1. The summed E-state index contributed by atoms with van der Waals surface area (Å²) < 4.78 is 20.4. The Balaban J connectivity index is 1.86. The average molecular weight is 468 g/mol. The van der Waals surface area contributed by atoms with Crippen molar-refractivity contribution in [3.63, 3.8) is 0 Å². The van der Waals surface area contributed by atoms with Gasteiger partial charge in [-0.3, -0.25) is 14.4 Å². The van der Waals surface area contributed by atoms with Crippen molar-refractivity contribution in [1.82, 2.24) is 14.7 Å². The number of benzene rings is 2. The Morgan fingerprint density at radius 2 is 1.82 bits per heavy atom. The Hall–Kier alpha value is -3.68. The van der Waals surface area contributed by atoms with Gasteiger partial charge in [0.1, 0.15) is 11.6 Å². The van der Waals surface area contributed by atoms with Crippen molar-refractivity contribution in [3.8, 4) is 5.75 Å². The lowest BCUT2D eigenvalue weighted by Gasteiger charge is -2.40. The van der Waals surface area contributed by atoms with Crippen LogP contribution in [0.5, 0.6) is 5.75 Å². The van der Waals surface area contributed by atoms with E-state index in [-0.39, 0.29) is 23.8 Å². The van der Waals surface area contributed by atoms with Gasteiger partial charge in [0, 0.05) is 50.9 Å².